The molecule has 2 aromatic rings. The molecule has 94 valence electrons. The number of rotatable bonds is 2. The summed E-state index contributed by atoms with van der Waals surface area (Å²) in [5, 5.41) is -0.369. The van der Waals surface area contributed by atoms with Crippen molar-refractivity contribution in [2.24, 2.45) is 0 Å². The molecule has 18 heavy (non-hydrogen) atoms. The van der Waals surface area contributed by atoms with Gasteiger partial charge in [-0.3, -0.25) is 4.79 Å². The van der Waals surface area contributed by atoms with Crippen LogP contribution in [0.25, 0.3) is 5.69 Å². The minimum absolute atomic E-state index is 0.235. The van der Waals surface area contributed by atoms with E-state index in [1.807, 2.05) is 0 Å². The van der Waals surface area contributed by atoms with Gasteiger partial charge in [0, 0.05) is 11.9 Å². The van der Waals surface area contributed by atoms with E-state index in [1.54, 1.807) is 6.07 Å². The third-order valence-corrected chi connectivity index (χ3v) is 2.76. The minimum Gasteiger partial charge on any atom is -0.314 e. The standard InChI is InChI=1S/C12H7ClF3NO/c13-11-4-3-8(6-10(11)12(14,15)16)17-5-1-2-9(17)7-18/h1-7H. The number of carbonyl (C=O) groups excluding carboxylic acids is 1. The van der Waals surface area contributed by atoms with Crippen LogP contribution >= 0.6 is 11.6 Å². The van der Waals surface area contributed by atoms with E-state index in [1.165, 1.54) is 22.9 Å². The fourth-order valence-electron chi connectivity index (χ4n) is 1.61. The van der Waals surface area contributed by atoms with Crippen LogP contribution in [0.1, 0.15) is 16.1 Å². The monoisotopic (exact) mass is 273 g/mol. The van der Waals surface area contributed by atoms with Crippen LogP contribution in [0.5, 0.6) is 0 Å². The summed E-state index contributed by atoms with van der Waals surface area (Å²) in [5.74, 6) is 0. The molecular formula is C12H7ClF3NO. The van der Waals surface area contributed by atoms with Gasteiger partial charge in [-0.25, -0.2) is 0 Å². The summed E-state index contributed by atoms with van der Waals surface area (Å²) in [6, 6.07) is 6.58. The highest BCUT2D eigenvalue weighted by molar-refractivity contribution is 6.31. The zero-order chi connectivity index (χ0) is 13.3. The Balaban J connectivity index is 2.58. The number of aromatic nitrogens is 1. The predicted molar refractivity (Wildman–Crippen MR) is 61.2 cm³/mol. The lowest BCUT2D eigenvalue weighted by atomic mass is 10.2. The van der Waals surface area contributed by atoms with Gasteiger partial charge in [-0.1, -0.05) is 11.6 Å². The van der Waals surface area contributed by atoms with Gasteiger partial charge in [0.15, 0.2) is 6.29 Å². The van der Waals surface area contributed by atoms with E-state index in [4.69, 9.17) is 11.6 Å². The fraction of sp³-hybridized carbons (Fsp3) is 0.0833. The lowest BCUT2D eigenvalue weighted by Crippen LogP contribution is -2.07. The highest BCUT2D eigenvalue weighted by Gasteiger charge is 2.33. The molecule has 0 fully saturated rings. The van der Waals surface area contributed by atoms with Gasteiger partial charge in [0.1, 0.15) is 0 Å². The number of halogens is 4. The van der Waals surface area contributed by atoms with Crippen molar-refractivity contribution in [3.8, 4) is 5.69 Å². The first-order valence-electron chi connectivity index (χ1n) is 4.93. The average molecular weight is 274 g/mol. The molecule has 1 aromatic heterocycles. The first-order chi connectivity index (χ1) is 8.43. The van der Waals surface area contributed by atoms with Crippen molar-refractivity contribution >= 4 is 17.9 Å². The lowest BCUT2D eigenvalue weighted by molar-refractivity contribution is -0.137. The third kappa shape index (κ3) is 2.26. The number of aldehydes is 1. The molecule has 2 nitrogen and oxygen atoms in total. The Morgan fingerprint density at radius 1 is 1.22 bits per heavy atom. The quantitative estimate of drug-likeness (QED) is 0.759. The summed E-state index contributed by atoms with van der Waals surface area (Å²) in [4.78, 5) is 10.7. The Morgan fingerprint density at radius 3 is 2.56 bits per heavy atom. The predicted octanol–water partition coefficient (Wildman–Crippen LogP) is 3.96. The highest BCUT2D eigenvalue weighted by atomic mass is 35.5. The molecule has 0 unspecified atom stereocenters. The van der Waals surface area contributed by atoms with Crippen molar-refractivity contribution in [2.45, 2.75) is 6.18 Å². The molecule has 0 radical (unpaired) electrons. The molecule has 6 heteroatoms. The molecule has 0 amide bonds. The molecule has 0 aliphatic carbocycles. The maximum absolute atomic E-state index is 12.7. The summed E-state index contributed by atoms with van der Waals surface area (Å²) in [5.41, 5.74) is -0.420. The van der Waals surface area contributed by atoms with Crippen molar-refractivity contribution in [3.05, 3.63) is 52.8 Å². The molecule has 0 spiro atoms. The molecule has 0 atom stereocenters. The number of benzene rings is 1. The first kappa shape index (κ1) is 12.7. The number of hydrogen-bond acceptors (Lipinski definition) is 1. The van der Waals surface area contributed by atoms with Gasteiger partial charge in [-0.2, -0.15) is 13.2 Å². The molecule has 0 saturated carbocycles. The molecule has 0 saturated heterocycles. The van der Waals surface area contributed by atoms with Gasteiger partial charge in [0.2, 0.25) is 0 Å². The van der Waals surface area contributed by atoms with E-state index in [0.717, 1.165) is 12.1 Å². The normalized spacial score (nSPS) is 11.6. The average Bonchev–Trinajstić information content (AvgIpc) is 2.76. The Morgan fingerprint density at radius 2 is 1.94 bits per heavy atom. The highest BCUT2D eigenvalue weighted by Crippen LogP contribution is 2.35. The van der Waals surface area contributed by atoms with Crippen molar-refractivity contribution in [3.63, 3.8) is 0 Å². The van der Waals surface area contributed by atoms with Crippen LogP contribution in [0.3, 0.4) is 0 Å². The maximum atomic E-state index is 12.7. The van der Waals surface area contributed by atoms with Gasteiger partial charge in [-0.05, 0) is 30.3 Å². The Hall–Kier alpha value is -1.75. The van der Waals surface area contributed by atoms with Crippen LogP contribution in [0.2, 0.25) is 5.02 Å². The van der Waals surface area contributed by atoms with Crippen molar-refractivity contribution in [2.75, 3.05) is 0 Å². The smallest absolute Gasteiger partial charge is 0.314 e. The molecule has 2 rings (SSSR count). The number of hydrogen-bond donors (Lipinski definition) is 0. The second-order valence-corrected chi connectivity index (χ2v) is 3.99. The van der Waals surface area contributed by atoms with Gasteiger partial charge in [0.25, 0.3) is 0 Å². The SMILES string of the molecule is O=Cc1cccn1-c1ccc(Cl)c(C(F)(F)F)c1. The molecular weight excluding hydrogens is 267 g/mol. The van der Waals surface area contributed by atoms with E-state index in [2.05, 4.69) is 0 Å². The van der Waals surface area contributed by atoms with Gasteiger partial charge < -0.3 is 4.57 Å². The van der Waals surface area contributed by atoms with Gasteiger partial charge >= 0.3 is 6.18 Å². The molecule has 0 bridgehead atoms. The van der Waals surface area contributed by atoms with Gasteiger partial charge in [-0.15, -0.1) is 0 Å². The number of alkyl halides is 3. The zero-order valence-electron chi connectivity index (χ0n) is 8.91. The van der Waals surface area contributed by atoms with E-state index < -0.39 is 11.7 Å². The summed E-state index contributed by atoms with van der Waals surface area (Å²) in [7, 11) is 0. The molecule has 1 aromatic carbocycles. The Bertz CT molecular complexity index is 589. The molecule has 0 aliphatic rings. The Kier molecular flexibility index (Phi) is 3.17. The van der Waals surface area contributed by atoms with Crippen LogP contribution in [-0.2, 0) is 6.18 Å². The molecule has 0 aliphatic heterocycles. The van der Waals surface area contributed by atoms with Crippen LogP contribution in [0, 0.1) is 0 Å². The largest absolute Gasteiger partial charge is 0.417 e. The fourth-order valence-corrected chi connectivity index (χ4v) is 1.83. The van der Waals surface area contributed by atoms with E-state index in [-0.39, 0.29) is 16.4 Å². The summed E-state index contributed by atoms with van der Waals surface area (Å²) in [6.45, 7) is 0. The summed E-state index contributed by atoms with van der Waals surface area (Å²) < 4.78 is 39.4. The number of carbonyl (C=O) groups is 1. The first-order valence-corrected chi connectivity index (χ1v) is 5.31. The van der Waals surface area contributed by atoms with Crippen LogP contribution in [0.15, 0.2) is 36.5 Å². The number of nitrogens with zero attached hydrogens (tertiary/aromatic N) is 1. The van der Waals surface area contributed by atoms with Crippen molar-refractivity contribution in [1.82, 2.24) is 4.57 Å². The second-order valence-electron chi connectivity index (χ2n) is 3.58. The molecule has 0 N–H and O–H groups in total. The lowest BCUT2D eigenvalue weighted by Gasteiger charge is -2.12. The van der Waals surface area contributed by atoms with E-state index in [0.29, 0.717) is 6.29 Å². The topological polar surface area (TPSA) is 22.0 Å². The van der Waals surface area contributed by atoms with Crippen LogP contribution < -0.4 is 0 Å². The molecule has 1 heterocycles. The summed E-state index contributed by atoms with van der Waals surface area (Å²) >= 11 is 5.52. The van der Waals surface area contributed by atoms with Gasteiger partial charge in [0.05, 0.1) is 16.3 Å². The van der Waals surface area contributed by atoms with Crippen LogP contribution in [0.4, 0.5) is 13.2 Å². The second kappa shape index (κ2) is 4.49. The minimum atomic E-state index is -4.53. The third-order valence-electron chi connectivity index (χ3n) is 2.43. The van der Waals surface area contributed by atoms with E-state index in [9.17, 15) is 18.0 Å². The summed E-state index contributed by atoms with van der Waals surface area (Å²) in [6.07, 6.45) is -2.45. The van der Waals surface area contributed by atoms with Crippen molar-refractivity contribution < 1.29 is 18.0 Å². The Labute approximate surface area is 106 Å². The van der Waals surface area contributed by atoms with Crippen LogP contribution in [-0.4, -0.2) is 10.9 Å². The van der Waals surface area contributed by atoms with E-state index >= 15 is 0 Å². The zero-order valence-corrected chi connectivity index (χ0v) is 9.66. The van der Waals surface area contributed by atoms with Crippen molar-refractivity contribution in [1.29, 1.82) is 0 Å². The maximum Gasteiger partial charge on any atom is 0.417 e.